The van der Waals surface area contributed by atoms with Crippen LogP contribution < -0.4 is 11.1 Å². The lowest BCUT2D eigenvalue weighted by Gasteiger charge is -2.06. The van der Waals surface area contributed by atoms with Gasteiger partial charge in [0.05, 0.1) is 17.4 Å². The zero-order valence-electron chi connectivity index (χ0n) is 9.89. The van der Waals surface area contributed by atoms with Gasteiger partial charge < -0.3 is 16.0 Å². The second-order valence-electron chi connectivity index (χ2n) is 3.86. The highest BCUT2D eigenvalue weighted by Crippen LogP contribution is 2.07. The van der Waals surface area contributed by atoms with Gasteiger partial charge in [0.15, 0.2) is 0 Å². The number of carbonyl (C=O) groups excluding carboxylic acids is 1. The van der Waals surface area contributed by atoms with Crippen molar-refractivity contribution in [1.29, 1.82) is 0 Å². The first-order valence-electron chi connectivity index (χ1n) is 5.73. The number of hydrogen-bond acceptors (Lipinski definition) is 4. The lowest BCUT2D eigenvalue weighted by Crippen LogP contribution is -2.25. The van der Waals surface area contributed by atoms with E-state index in [1.807, 2.05) is 0 Å². The average molecular weight is 245 g/mol. The maximum absolute atomic E-state index is 11.8. The van der Waals surface area contributed by atoms with Crippen LogP contribution >= 0.6 is 0 Å². The average Bonchev–Trinajstić information content (AvgIpc) is 2.88. The van der Waals surface area contributed by atoms with E-state index in [2.05, 4.69) is 20.3 Å². The molecule has 0 spiro atoms. The number of aromatic nitrogens is 3. The van der Waals surface area contributed by atoms with E-state index in [-0.39, 0.29) is 5.91 Å². The Morgan fingerprint density at radius 3 is 3.06 bits per heavy atom. The smallest absolute Gasteiger partial charge is 0.253 e. The predicted molar refractivity (Wildman–Crippen MR) is 67.9 cm³/mol. The van der Waals surface area contributed by atoms with Gasteiger partial charge in [-0.3, -0.25) is 9.78 Å². The van der Waals surface area contributed by atoms with Gasteiger partial charge in [0, 0.05) is 31.6 Å². The predicted octanol–water partition coefficient (Wildman–Crippen LogP) is 0.749. The summed E-state index contributed by atoms with van der Waals surface area (Å²) >= 11 is 0. The minimum atomic E-state index is -0.172. The Bertz CT molecular complexity index is 509. The number of carbonyl (C=O) groups is 1. The van der Waals surface area contributed by atoms with Crippen LogP contribution in [-0.4, -0.2) is 27.4 Å². The van der Waals surface area contributed by atoms with Gasteiger partial charge in [0.1, 0.15) is 5.82 Å². The van der Waals surface area contributed by atoms with E-state index in [1.165, 1.54) is 6.20 Å². The summed E-state index contributed by atoms with van der Waals surface area (Å²) in [5.74, 6) is 0.752. The minimum absolute atomic E-state index is 0.172. The van der Waals surface area contributed by atoms with E-state index in [1.54, 1.807) is 24.7 Å². The Labute approximate surface area is 105 Å². The molecule has 0 radical (unpaired) electrons. The lowest BCUT2D eigenvalue weighted by atomic mass is 10.2. The second-order valence-corrected chi connectivity index (χ2v) is 3.86. The van der Waals surface area contributed by atoms with Gasteiger partial charge in [-0.1, -0.05) is 0 Å². The number of hydrogen-bond donors (Lipinski definition) is 3. The molecule has 0 saturated heterocycles. The number of anilines is 1. The van der Waals surface area contributed by atoms with E-state index in [0.717, 1.165) is 18.7 Å². The molecule has 2 rings (SSSR count). The molecule has 18 heavy (non-hydrogen) atoms. The summed E-state index contributed by atoms with van der Waals surface area (Å²) < 4.78 is 0. The number of nitrogens with one attached hydrogen (secondary N) is 2. The number of H-pyrrole nitrogens is 1. The molecule has 6 heteroatoms. The molecule has 2 aromatic heterocycles. The van der Waals surface area contributed by atoms with E-state index >= 15 is 0 Å². The number of aryl methyl sites for hydroxylation is 1. The summed E-state index contributed by atoms with van der Waals surface area (Å²) in [6.07, 6.45) is 8.15. The number of nitrogens with zero attached hydrogens (tertiary/aromatic N) is 2. The molecule has 2 aromatic rings. The number of nitrogen functional groups attached to an aromatic ring is 1. The number of imidazole rings is 1. The quantitative estimate of drug-likeness (QED) is 0.677. The zero-order chi connectivity index (χ0) is 12.8. The van der Waals surface area contributed by atoms with Gasteiger partial charge in [-0.05, 0) is 12.5 Å². The van der Waals surface area contributed by atoms with Crippen molar-refractivity contribution in [3.05, 3.63) is 42.2 Å². The van der Waals surface area contributed by atoms with E-state index in [9.17, 15) is 4.79 Å². The van der Waals surface area contributed by atoms with Crippen LogP contribution in [0.2, 0.25) is 0 Å². The molecule has 6 nitrogen and oxygen atoms in total. The molecule has 0 atom stereocenters. The van der Waals surface area contributed by atoms with Crippen LogP contribution in [0.1, 0.15) is 22.6 Å². The maximum atomic E-state index is 11.8. The molecule has 1 amide bonds. The number of aromatic amines is 1. The molecule has 2 heterocycles. The molecule has 0 fully saturated rings. The number of pyridine rings is 1. The van der Waals surface area contributed by atoms with E-state index < -0.39 is 0 Å². The van der Waals surface area contributed by atoms with Gasteiger partial charge in [-0.2, -0.15) is 0 Å². The monoisotopic (exact) mass is 245 g/mol. The largest absolute Gasteiger partial charge is 0.397 e. The van der Waals surface area contributed by atoms with Crippen molar-refractivity contribution in [3.63, 3.8) is 0 Å². The van der Waals surface area contributed by atoms with Crippen LogP contribution in [0, 0.1) is 0 Å². The highest BCUT2D eigenvalue weighted by molar-refractivity contribution is 5.98. The van der Waals surface area contributed by atoms with Crippen LogP contribution in [0.5, 0.6) is 0 Å². The third-order valence-corrected chi connectivity index (χ3v) is 2.53. The highest BCUT2D eigenvalue weighted by atomic mass is 16.1. The topological polar surface area (TPSA) is 96.7 Å². The Hall–Kier alpha value is -2.37. The van der Waals surface area contributed by atoms with Crippen molar-refractivity contribution in [2.24, 2.45) is 0 Å². The van der Waals surface area contributed by atoms with Crippen molar-refractivity contribution in [3.8, 4) is 0 Å². The molecule has 0 bridgehead atoms. The first kappa shape index (κ1) is 12.1. The second kappa shape index (κ2) is 5.81. The van der Waals surface area contributed by atoms with Crippen LogP contribution in [0.3, 0.4) is 0 Å². The normalized spacial score (nSPS) is 10.2. The fourth-order valence-corrected chi connectivity index (χ4v) is 1.60. The van der Waals surface area contributed by atoms with Gasteiger partial charge in [0.25, 0.3) is 5.91 Å². The Morgan fingerprint density at radius 1 is 1.44 bits per heavy atom. The molecular formula is C12H15N5O. The first-order chi connectivity index (χ1) is 8.77. The maximum Gasteiger partial charge on any atom is 0.253 e. The number of amides is 1. The van der Waals surface area contributed by atoms with Gasteiger partial charge >= 0.3 is 0 Å². The molecule has 0 aromatic carbocycles. The molecule has 4 N–H and O–H groups in total. The third-order valence-electron chi connectivity index (χ3n) is 2.53. The Morgan fingerprint density at radius 2 is 2.33 bits per heavy atom. The van der Waals surface area contributed by atoms with Gasteiger partial charge in [-0.15, -0.1) is 0 Å². The summed E-state index contributed by atoms with van der Waals surface area (Å²) in [4.78, 5) is 22.7. The molecule has 0 aliphatic rings. The standard InChI is InChI=1S/C12H15N5O/c13-10-8-14-5-3-9(10)12(18)17-4-1-2-11-15-6-7-16-11/h3,5-8H,1-2,4,13H2,(H,15,16)(H,17,18). The van der Waals surface area contributed by atoms with Crippen LogP contribution in [0.4, 0.5) is 5.69 Å². The first-order valence-corrected chi connectivity index (χ1v) is 5.73. The van der Waals surface area contributed by atoms with Crippen molar-refractivity contribution in [2.75, 3.05) is 12.3 Å². The molecule has 0 saturated carbocycles. The fraction of sp³-hybridized carbons (Fsp3) is 0.250. The van der Waals surface area contributed by atoms with Crippen molar-refractivity contribution < 1.29 is 4.79 Å². The summed E-state index contributed by atoms with van der Waals surface area (Å²) in [6.45, 7) is 0.585. The summed E-state index contributed by atoms with van der Waals surface area (Å²) in [5.41, 5.74) is 6.52. The van der Waals surface area contributed by atoms with Crippen molar-refractivity contribution >= 4 is 11.6 Å². The third kappa shape index (κ3) is 3.07. The molecule has 0 aliphatic heterocycles. The number of nitrogens with two attached hydrogens (primary N) is 1. The van der Waals surface area contributed by atoms with E-state index in [0.29, 0.717) is 17.8 Å². The van der Waals surface area contributed by atoms with Gasteiger partial charge in [-0.25, -0.2) is 4.98 Å². The SMILES string of the molecule is Nc1cnccc1C(=O)NCCCc1ncc[nH]1. The van der Waals surface area contributed by atoms with Crippen molar-refractivity contribution in [2.45, 2.75) is 12.8 Å². The summed E-state index contributed by atoms with van der Waals surface area (Å²) in [6, 6.07) is 1.61. The molecular weight excluding hydrogens is 230 g/mol. The zero-order valence-corrected chi connectivity index (χ0v) is 9.89. The molecule has 0 unspecified atom stereocenters. The Kier molecular flexibility index (Phi) is 3.90. The minimum Gasteiger partial charge on any atom is -0.397 e. The van der Waals surface area contributed by atoms with Crippen LogP contribution in [0.15, 0.2) is 30.9 Å². The fourth-order valence-electron chi connectivity index (χ4n) is 1.60. The lowest BCUT2D eigenvalue weighted by molar-refractivity contribution is 0.0954. The summed E-state index contributed by atoms with van der Waals surface area (Å²) in [7, 11) is 0. The summed E-state index contributed by atoms with van der Waals surface area (Å²) in [5, 5.41) is 2.81. The van der Waals surface area contributed by atoms with Gasteiger partial charge in [0.2, 0.25) is 0 Å². The highest BCUT2D eigenvalue weighted by Gasteiger charge is 2.08. The molecule has 0 aliphatic carbocycles. The number of rotatable bonds is 5. The van der Waals surface area contributed by atoms with E-state index in [4.69, 9.17) is 5.73 Å². The van der Waals surface area contributed by atoms with Crippen molar-refractivity contribution in [1.82, 2.24) is 20.3 Å². The Balaban J connectivity index is 1.77. The van der Waals surface area contributed by atoms with Crippen LogP contribution in [-0.2, 0) is 6.42 Å². The van der Waals surface area contributed by atoms with Crippen LogP contribution in [0.25, 0.3) is 0 Å². The molecule has 94 valence electrons.